The normalized spacial score (nSPS) is 14.2. The highest BCUT2D eigenvalue weighted by molar-refractivity contribution is 7.18. The number of para-hydroxylation sites is 1. The zero-order valence-electron chi connectivity index (χ0n) is 12.6. The van der Waals surface area contributed by atoms with Crippen LogP contribution in [0.1, 0.15) is 42.1 Å². The molecule has 0 saturated heterocycles. The number of nitrogens with zero attached hydrogens (tertiary/aromatic N) is 1. The summed E-state index contributed by atoms with van der Waals surface area (Å²) in [5.41, 5.74) is 3.71. The number of aryl methyl sites for hydroxylation is 1. The van der Waals surface area contributed by atoms with Crippen molar-refractivity contribution in [3.05, 3.63) is 64.7 Å². The average molecular weight is 296 g/mol. The third-order valence-electron chi connectivity index (χ3n) is 3.72. The summed E-state index contributed by atoms with van der Waals surface area (Å²) in [6.45, 7) is 6.52. The highest BCUT2D eigenvalue weighted by Gasteiger charge is 2.14. The van der Waals surface area contributed by atoms with Crippen LogP contribution in [0.3, 0.4) is 0 Å². The molecule has 3 aromatic rings. The first kappa shape index (κ1) is 14.2. The lowest BCUT2D eigenvalue weighted by molar-refractivity contribution is 0.493. The number of nitrogens with one attached hydrogen (secondary N) is 1. The van der Waals surface area contributed by atoms with Gasteiger partial charge in [-0.2, -0.15) is 0 Å². The molecule has 2 aromatic carbocycles. The Morgan fingerprint density at radius 1 is 1.00 bits per heavy atom. The largest absolute Gasteiger partial charge is 0.302 e. The van der Waals surface area contributed by atoms with Gasteiger partial charge < -0.3 is 5.32 Å². The number of hydrogen-bond donors (Lipinski definition) is 1. The number of thiazole rings is 1. The zero-order chi connectivity index (χ0) is 14.8. The van der Waals surface area contributed by atoms with Gasteiger partial charge in [0.15, 0.2) is 0 Å². The lowest BCUT2D eigenvalue weighted by atomic mass is 10.1. The van der Waals surface area contributed by atoms with E-state index in [0.29, 0.717) is 6.04 Å². The van der Waals surface area contributed by atoms with Crippen LogP contribution < -0.4 is 5.32 Å². The molecule has 1 aromatic heterocycles. The molecule has 3 rings (SSSR count). The van der Waals surface area contributed by atoms with Crippen molar-refractivity contribution in [1.82, 2.24) is 10.3 Å². The molecule has 1 unspecified atom stereocenters. The summed E-state index contributed by atoms with van der Waals surface area (Å²) >= 11 is 1.77. The summed E-state index contributed by atoms with van der Waals surface area (Å²) in [4.78, 5) is 4.73. The first-order valence-corrected chi connectivity index (χ1v) is 8.13. The third kappa shape index (κ3) is 3.14. The molecule has 1 N–H and O–H groups in total. The predicted octanol–water partition coefficient (Wildman–Crippen LogP) is 5.02. The van der Waals surface area contributed by atoms with Gasteiger partial charge in [-0.15, -0.1) is 11.3 Å². The van der Waals surface area contributed by atoms with Crippen molar-refractivity contribution >= 4 is 21.6 Å². The number of aromatic nitrogens is 1. The van der Waals surface area contributed by atoms with Gasteiger partial charge in [-0.05, 0) is 38.5 Å². The Morgan fingerprint density at radius 2 is 1.81 bits per heavy atom. The molecule has 0 amide bonds. The standard InChI is InChI=1S/C18H20N2S/c1-12-7-6-8-15(11-12)13(2)19-14(3)18-20-16-9-4-5-10-17(16)21-18/h4-11,13-14,19H,1-3H3/t13-,14?/m1/s1. The summed E-state index contributed by atoms with van der Waals surface area (Å²) in [6.07, 6.45) is 0. The Morgan fingerprint density at radius 3 is 2.57 bits per heavy atom. The first-order chi connectivity index (χ1) is 10.1. The smallest absolute Gasteiger partial charge is 0.111 e. The van der Waals surface area contributed by atoms with Crippen molar-refractivity contribution in [2.75, 3.05) is 0 Å². The van der Waals surface area contributed by atoms with E-state index in [-0.39, 0.29) is 6.04 Å². The van der Waals surface area contributed by atoms with E-state index >= 15 is 0 Å². The van der Waals surface area contributed by atoms with Crippen LogP contribution in [0.5, 0.6) is 0 Å². The molecule has 21 heavy (non-hydrogen) atoms. The van der Waals surface area contributed by atoms with E-state index in [0.717, 1.165) is 10.5 Å². The van der Waals surface area contributed by atoms with E-state index in [9.17, 15) is 0 Å². The highest BCUT2D eigenvalue weighted by atomic mass is 32.1. The molecule has 0 aliphatic rings. The van der Waals surface area contributed by atoms with Gasteiger partial charge in [0.1, 0.15) is 5.01 Å². The van der Waals surface area contributed by atoms with Gasteiger partial charge in [-0.25, -0.2) is 4.98 Å². The van der Waals surface area contributed by atoms with Crippen LogP contribution in [-0.4, -0.2) is 4.98 Å². The van der Waals surface area contributed by atoms with Gasteiger partial charge in [0.05, 0.1) is 16.3 Å². The monoisotopic (exact) mass is 296 g/mol. The van der Waals surface area contributed by atoms with Crippen molar-refractivity contribution in [2.24, 2.45) is 0 Å². The fourth-order valence-electron chi connectivity index (χ4n) is 2.56. The molecule has 2 nitrogen and oxygen atoms in total. The maximum atomic E-state index is 4.73. The number of fused-ring (bicyclic) bond motifs is 1. The van der Waals surface area contributed by atoms with Gasteiger partial charge in [0, 0.05) is 6.04 Å². The summed E-state index contributed by atoms with van der Waals surface area (Å²) in [6, 6.07) is 17.5. The molecule has 0 radical (unpaired) electrons. The first-order valence-electron chi connectivity index (χ1n) is 7.31. The zero-order valence-corrected chi connectivity index (χ0v) is 13.4. The topological polar surface area (TPSA) is 24.9 Å². The second-order valence-corrected chi connectivity index (χ2v) is 6.61. The molecule has 3 heteroatoms. The van der Waals surface area contributed by atoms with Crippen molar-refractivity contribution in [3.63, 3.8) is 0 Å². The van der Waals surface area contributed by atoms with Gasteiger partial charge in [-0.3, -0.25) is 0 Å². The molecular weight excluding hydrogens is 276 g/mol. The SMILES string of the molecule is Cc1cccc([C@@H](C)NC(C)c2nc3ccccc3s2)c1. The van der Waals surface area contributed by atoms with Crippen molar-refractivity contribution in [2.45, 2.75) is 32.9 Å². The van der Waals surface area contributed by atoms with Gasteiger partial charge in [0.25, 0.3) is 0 Å². The van der Waals surface area contributed by atoms with E-state index in [4.69, 9.17) is 4.98 Å². The minimum Gasteiger partial charge on any atom is -0.302 e. The second kappa shape index (κ2) is 5.96. The Kier molecular flexibility index (Phi) is 4.04. The number of benzene rings is 2. The maximum Gasteiger partial charge on any atom is 0.111 e. The summed E-state index contributed by atoms with van der Waals surface area (Å²) in [7, 11) is 0. The summed E-state index contributed by atoms with van der Waals surface area (Å²) < 4.78 is 1.25. The van der Waals surface area contributed by atoms with Crippen molar-refractivity contribution in [3.8, 4) is 0 Å². The van der Waals surface area contributed by atoms with Gasteiger partial charge >= 0.3 is 0 Å². The van der Waals surface area contributed by atoms with Crippen LogP contribution in [0.25, 0.3) is 10.2 Å². The molecule has 2 atom stereocenters. The van der Waals surface area contributed by atoms with Gasteiger partial charge in [-0.1, -0.05) is 42.0 Å². The lowest BCUT2D eigenvalue weighted by Crippen LogP contribution is -2.22. The molecule has 0 saturated carbocycles. The molecule has 0 aliphatic carbocycles. The fraction of sp³-hybridized carbons (Fsp3) is 0.278. The van der Waals surface area contributed by atoms with Crippen LogP contribution in [0.15, 0.2) is 48.5 Å². The number of rotatable bonds is 4. The Balaban J connectivity index is 1.77. The quantitative estimate of drug-likeness (QED) is 0.731. The van der Waals surface area contributed by atoms with Crippen molar-refractivity contribution in [1.29, 1.82) is 0 Å². The fourth-order valence-corrected chi connectivity index (χ4v) is 3.54. The molecular formula is C18H20N2S. The Labute approximate surface area is 129 Å². The van der Waals surface area contributed by atoms with Crippen LogP contribution in [0.4, 0.5) is 0 Å². The van der Waals surface area contributed by atoms with Crippen LogP contribution in [0.2, 0.25) is 0 Å². The Bertz CT molecular complexity index is 715. The minimum absolute atomic E-state index is 0.248. The second-order valence-electron chi connectivity index (χ2n) is 5.54. The van der Waals surface area contributed by atoms with Gasteiger partial charge in [0.2, 0.25) is 0 Å². The van der Waals surface area contributed by atoms with Crippen LogP contribution >= 0.6 is 11.3 Å². The van der Waals surface area contributed by atoms with Crippen LogP contribution in [-0.2, 0) is 0 Å². The van der Waals surface area contributed by atoms with E-state index in [2.05, 4.69) is 68.6 Å². The molecule has 0 aliphatic heterocycles. The number of hydrogen-bond acceptors (Lipinski definition) is 3. The van der Waals surface area contributed by atoms with E-state index < -0.39 is 0 Å². The van der Waals surface area contributed by atoms with Crippen molar-refractivity contribution < 1.29 is 0 Å². The van der Waals surface area contributed by atoms with E-state index in [1.54, 1.807) is 11.3 Å². The highest BCUT2D eigenvalue weighted by Crippen LogP contribution is 2.27. The summed E-state index contributed by atoms with van der Waals surface area (Å²) in [5.74, 6) is 0. The third-order valence-corrected chi connectivity index (χ3v) is 4.94. The van der Waals surface area contributed by atoms with Crippen LogP contribution in [0, 0.1) is 6.92 Å². The molecule has 108 valence electrons. The molecule has 1 heterocycles. The Hall–Kier alpha value is -1.71. The molecule has 0 fully saturated rings. The maximum absolute atomic E-state index is 4.73. The van der Waals surface area contributed by atoms with E-state index in [1.807, 2.05) is 6.07 Å². The predicted molar refractivity (Wildman–Crippen MR) is 90.8 cm³/mol. The summed E-state index contributed by atoms with van der Waals surface area (Å²) in [5, 5.41) is 4.80. The molecule has 0 bridgehead atoms. The minimum atomic E-state index is 0.248. The lowest BCUT2D eigenvalue weighted by Gasteiger charge is -2.19. The van der Waals surface area contributed by atoms with E-state index in [1.165, 1.54) is 15.8 Å². The average Bonchev–Trinajstić information content (AvgIpc) is 2.91. The molecule has 0 spiro atoms.